The number of nitrogens with zero attached hydrogens (tertiary/aromatic N) is 1. The summed E-state index contributed by atoms with van der Waals surface area (Å²) in [5.74, 6) is 0. The molecule has 0 saturated carbocycles. The van der Waals surface area contributed by atoms with Crippen molar-refractivity contribution in [1.82, 2.24) is 10.3 Å². The van der Waals surface area contributed by atoms with Crippen LogP contribution < -0.4 is 5.32 Å². The first kappa shape index (κ1) is 15.5. The molecule has 1 aromatic heterocycles. The van der Waals surface area contributed by atoms with Gasteiger partial charge < -0.3 is 5.32 Å². The molecule has 1 N–H and O–H groups in total. The van der Waals surface area contributed by atoms with E-state index in [1.807, 2.05) is 19.2 Å². The number of halogens is 1. The van der Waals surface area contributed by atoms with E-state index in [9.17, 15) is 0 Å². The van der Waals surface area contributed by atoms with E-state index in [-0.39, 0.29) is 6.04 Å². The number of nitrogens with one attached hydrogen (secondary N) is 1. The SMILES string of the molecule is CNC(CCC(C)(C)C)c1nc2ccccc2cc1Br. The number of benzene rings is 1. The summed E-state index contributed by atoms with van der Waals surface area (Å²) >= 11 is 3.68. The van der Waals surface area contributed by atoms with Crippen LogP contribution in [0.2, 0.25) is 0 Å². The Morgan fingerprint density at radius 2 is 1.95 bits per heavy atom. The Morgan fingerprint density at radius 3 is 2.60 bits per heavy atom. The monoisotopic (exact) mass is 334 g/mol. The molecule has 1 unspecified atom stereocenters. The fraction of sp³-hybridized carbons (Fsp3) is 0.471. The zero-order valence-electron chi connectivity index (χ0n) is 12.7. The molecule has 0 aliphatic carbocycles. The van der Waals surface area contributed by atoms with Gasteiger partial charge in [0.05, 0.1) is 17.3 Å². The highest BCUT2D eigenvalue weighted by molar-refractivity contribution is 9.10. The number of fused-ring (bicyclic) bond motifs is 1. The highest BCUT2D eigenvalue weighted by Crippen LogP contribution is 2.31. The number of hydrogen-bond acceptors (Lipinski definition) is 2. The lowest BCUT2D eigenvalue weighted by Gasteiger charge is -2.23. The zero-order chi connectivity index (χ0) is 14.8. The van der Waals surface area contributed by atoms with Gasteiger partial charge in [0, 0.05) is 9.86 Å². The van der Waals surface area contributed by atoms with Crippen LogP contribution in [0.4, 0.5) is 0 Å². The molecule has 2 aromatic rings. The second-order valence-corrected chi connectivity index (χ2v) is 7.34. The molecule has 3 heteroatoms. The van der Waals surface area contributed by atoms with Crippen LogP contribution >= 0.6 is 15.9 Å². The minimum atomic E-state index is 0.285. The van der Waals surface area contributed by atoms with Crippen LogP contribution in [0.3, 0.4) is 0 Å². The van der Waals surface area contributed by atoms with E-state index in [4.69, 9.17) is 4.98 Å². The van der Waals surface area contributed by atoms with Gasteiger partial charge in [0.25, 0.3) is 0 Å². The topological polar surface area (TPSA) is 24.9 Å². The number of hydrogen-bond donors (Lipinski definition) is 1. The van der Waals surface area contributed by atoms with E-state index in [1.165, 1.54) is 11.8 Å². The molecule has 108 valence electrons. The van der Waals surface area contributed by atoms with E-state index >= 15 is 0 Å². The van der Waals surface area contributed by atoms with Crippen molar-refractivity contribution in [2.75, 3.05) is 7.05 Å². The first-order chi connectivity index (χ1) is 9.40. The van der Waals surface area contributed by atoms with Crippen molar-refractivity contribution in [2.45, 2.75) is 39.7 Å². The first-order valence-electron chi connectivity index (χ1n) is 7.13. The number of rotatable bonds is 4. The molecule has 0 radical (unpaired) electrons. The summed E-state index contributed by atoms with van der Waals surface area (Å²) in [4.78, 5) is 4.84. The fourth-order valence-corrected chi connectivity index (χ4v) is 2.96. The second kappa shape index (κ2) is 6.23. The van der Waals surface area contributed by atoms with Gasteiger partial charge in [0.2, 0.25) is 0 Å². The van der Waals surface area contributed by atoms with Gasteiger partial charge in [0.15, 0.2) is 0 Å². The summed E-state index contributed by atoms with van der Waals surface area (Å²) in [6, 6.07) is 10.7. The largest absolute Gasteiger partial charge is 0.312 e. The van der Waals surface area contributed by atoms with Gasteiger partial charge in [-0.3, -0.25) is 0 Å². The Labute approximate surface area is 130 Å². The predicted molar refractivity (Wildman–Crippen MR) is 89.9 cm³/mol. The lowest BCUT2D eigenvalue weighted by atomic mass is 9.88. The number of pyridine rings is 1. The molecule has 20 heavy (non-hydrogen) atoms. The standard InChI is InChI=1S/C17H23BrN2/c1-17(2,3)10-9-15(19-4)16-13(18)11-12-7-5-6-8-14(12)20-16/h5-8,11,15,19H,9-10H2,1-4H3. The summed E-state index contributed by atoms with van der Waals surface area (Å²) < 4.78 is 1.09. The van der Waals surface area contributed by atoms with Crippen LogP contribution in [0.5, 0.6) is 0 Å². The van der Waals surface area contributed by atoms with Crippen LogP contribution in [0.1, 0.15) is 45.3 Å². The molecule has 1 aromatic carbocycles. The normalized spacial score (nSPS) is 13.7. The van der Waals surface area contributed by atoms with Crippen molar-refractivity contribution in [2.24, 2.45) is 5.41 Å². The molecule has 0 spiro atoms. The van der Waals surface area contributed by atoms with Crippen LogP contribution in [0.15, 0.2) is 34.8 Å². The van der Waals surface area contributed by atoms with Crippen LogP contribution in [-0.2, 0) is 0 Å². The Hall–Kier alpha value is -0.930. The van der Waals surface area contributed by atoms with Crippen LogP contribution in [-0.4, -0.2) is 12.0 Å². The summed E-state index contributed by atoms with van der Waals surface area (Å²) in [6.45, 7) is 6.84. The smallest absolute Gasteiger partial charge is 0.0722 e. The summed E-state index contributed by atoms with van der Waals surface area (Å²) in [7, 11) is 2.01. The Kier molecular flexibility index (Phi) is 4.82. The molecule has 1 atom stereocenters. The van der Waals surface area contributed by atoms with Gasteiger partial charge >= 0.3 is 0 Å². The second-order valence-electron chi connectivity index (χ2n) is 6.49. The highest BCUT2D eigenvalue weighted by atomic mass is 79.9. The van der Waals surface area contributed by atoms with Crippen molar-refractivity contribution in [3.63, 3.8) is 0 Å². The molecule has 0 saturated heterocycles. The number of aromatic nitrogens is 1. The molecule has 2 nitrogen and oxygen atoms in total. The lowest BCUT2D eigenvalue weighted by Crippen LogP contribution is -2.20. The third kappa shape index (κ3) is 3.80. The van der Waals surface area contributed by atoms with Gasteiger partial charge in [0.1, 0.15) is 0 Å². The lowest BCUT2D eigenvalue weighted by molar-refractivity contribution is 0.336. The summed E-state index contributed by atoms with van der Waals surface area (Å²) in [5.41, 5.74) is 2.51. The van der Waals surface area contributed by atoms with Crippen molar-refractivity contribution < 1.29 is 0 Å². The predicted octanol–water partition coefficient (Wildman–Crippen LogP) is 5.08. The van der Waals surface area contributed by atoms with Gasteiger partial charge in [-0.25, -0.2) is 4.98 Å². The summed E-state index contributed by atoms with van der Waals surface area (Å²) in [6.07, 6.45) is 2.25. The molecule has 0 fully saturated rings. The van der Waals surface area contributed by atoms with E-state index in [0.717, 1.165) is 22.1 Å². The maximum Gasteiger partial charge on any atom is 0.0722 e. The minimum Gasteiger partial charge on any atom is -0.312 e. The van der Waals surface area contributed by atoms with Crippen LogP contribution in [0, 0.1) is 5.41 Å². The molecule has 0 bridgehead atoms. The fourth-order valence-electron chi connectivity index (χ4n) is 2.34. The van der Waals surface area contributed by atoms with E-state index in [0.29, 0.717) is 5.41 Å². The zero-order valence-corrected chi connectivity index (χ0v) is 14.3. The van der Waals surface area contributed by atoms with Crippen molar-refractivity contribution in [3.8, 4) is 0 Å². The maximum atomic E-state index is 4.84. The molecular formula is C17H23BrN2. The molecule has 1 heterocycles. The van der Waals surface area contributed by atoms with Gasteiger partial charge in [-0.2, -0.15) is 0 Å². The Morgan fingerprint density at radius 1 is 1.25 bits per heavy atom. The summed E-state index contributed by atoms with van der Waals surface area (Å²) in [5, 5.41) is 4.58. The minimum absolute atomic E-state index is 0.285. The van der Waals surface area contributed by atoms with Gasteiger partial charge in [-0.05, 0) is 53.4 Å². The molecule has 0 aliphatic rings. The van der Waals surface area contributed by atoms with E-state index < -0.39 is 0 Å². The molecule has 2 rings (SSSR count). The maximum absolute atomic E-state index is 4.84. The highest BCUT2D eigenvalue weighted by Gasteiger charge is 2.19. The first-order valence-corrected chi connectivity index (χ1v) is 7.92. The van der Waals surface area contributed by atoms with E-state index in [2.05, 4.69) is 60.2 Å². The Bertz CT molecular complexity index is 587. The quantitative estimate of drug-likeness (QED) is 0.842. The Balaban J connectivity index is 2.31. The molecular weight excluding hydrogens is 312 g/mol. The van der Waals surface area contributed by atoms with Crippen molar-refractivity contribution in [1.29, 1.82) is 0 Å². The molecule has 0 amide bonds. The van der Waals surface area contributed by atoms with Crippen molar-refractivity contribution in [3.05, 3.63) is 40.5 Å². The van der Waals surface area contributed by atoms with Crippen LogP contribution in [0.25, 0.3) is 10.9 Å². The number of para-hydroxylation sites is 1. The van der Waals surface area contributed by atoms with E-state index in [1.54, 1.807) is 0 Å². The van der Waals surface area contributed by atoms with Crippen molar-refractivity contribution >= 4 is 26.8 Å². The third-order valence-corrected chi connectivity index (χ3v) is 4.20. The average Bonchev–Trinajstić information content (AvgIpc) is 2.38. The van der Waals surface area contributed by atoms with Gasteiger partial charge in [-0.1, -0.05) is 39.0 Å². The third-order valence-electron chi connectivity index (χ3n) is 3.57. The average molecular weight is 335 g/mol. The molecule has 0 aliphatic heterocycles. The van der Waals surface area contributed by atoms with Gasteiger partial charge in [-0.15, -0.1) is 0 Å².